The maximum absolute atomic E-state index is 12.5. The van der Waals surface area contributed by atoms with E-state index in [4.69, 9.17) is 0 Å². The molecule has 1 amide bonds. The largest absolute Gasteiger partial charge is 0.348 e. The molecule has 26 heavy (non-hydrogen) atoms. The monoisotopic (exact) mass is 343 g/mol. The van der Waals surface area contributed by atoms with E-state index in [0.29, 0.717) is 6.54 Å². The molecule has 0 bridgehead atoms. The van der Waals surface area contributed by atoms with Crippen LogP contribution in [0.15, 0.2) is 61.1 Å². The first kappa shape index (κ1) is 16.5. The zero-order valence-electron chi connectivity index (χ0n) is 14.6. The molecule has 4 heteroatoms. The number of amides is 1. The first-order valence-corrected chi connectivity index (χ1v) is 9.05. The molecule has 0 spiro atoms. The van der Waals surface area contributed by atoms with Crippen LogP contribution in [-0.4, -0.2) is 15.9 Å². The molecule has 0 saturated carbocycles. The molecule has 0 atom stereocenters. The van der Waals surface area contributed by atoms with Crippen molar-refractivity contribution in [3.63, 3.8) is 0 Å². The van der Waals surface area contributed by atoms with Crippen molar-refractivity contribution in [2.24, 2.45) is 0 Å². The summed E-state index contributed by atoms with van der Waals surface area (Å²) in [7, 11) is 0. The summed E-state index contributed by atoms with van der Waals surface area (Å²) in [6, 6.07) is 13.9. The lowest BCUT2D eigenvalue weighted by Crippen LogP contribution is -2.23. The van der Waals surface area contributed by atoms with Gasteiger partial charge in [0.25, 0.3) is 5.91 Å². The molecular weight excluding hydrogens is 322 g/mol. The van der Waals surface area contributed by atoms with Crippen LogP contribution in [-0.2, 0) is 19.4 Å². The van der Waals surface area contributed by atoms with Crippen LogP contribution in [0.1, 0.15) is 39.9 Å². The van der Waals surface area contributed by atoms with Gasteiger partial charge >= 0.3 is 0 Å². The topological polar surface area (TPSA) is 54.9 Å². The van der Waals surface area contributed by atoms with E-state index in [1.165, 1.54) is 24.0 Å². The van der Waals surface area contributed by atoms with Crippen LogP contribution in [0, 0.1) is 0 Å². The van der Waals surface area contributed by atoms with Crippen molar-refractivity contribution >= 4 is 5.91 Å². The first-order chi connectivity index (χ1) is 12.8. The second-order valence-electron chi connectivity index (χ2n) is 6.67. The number of benzene rings is 1. The van der Waals surface area contributed by atoms with E-state index in [9.17, 15) is 4.79 Å². The third-order valence-corrected chi connectivity index (χ3v) is 4.85. The fourth-order valence-electron chi connectivity index (χ4n) is 3.37. The number of carbonyl (C=O) groups excluding carboxylic acids is 1. The normalized spacial score (nSPS) is 13.1. The zero-order chi connectivity index (χ0) is 17.8. The Morgan fingerprint density at radius 2 is 1.88 bits per heavy atom. The van der Waals surface area contributed by atoms with Gasteiger partial charge in [0.1, 0.15) is 0 Å². The van der Waals surface area contributed by atoms with Crippen molar-refractivity contribution in [1.29, 1.82) is 0 Å². The smallest absolute Gasteiger partial charge is 0.251 e. The second kappa shape index (κ2) is 7.48. The third kappa shape index (κ3) is 3.64. The number of nitrogens with one attached hydrogen (secondary N) is 1. The lowest BCUT2D eigenvalue weighted by atomic mass is 9.90. The van der Waals surface area contributed by atoms with Crippen LogP contribution in [0.2, 0.25) is 0 Å². The summed E-state index contributed by atoms with van der Waals surface area (Å²) in [5, 5.41) is 2.99. The van der Waals surface area contributed by atoms with Crippen LogP contribution < -0.4 is 5.32 Å². The number of fused-ring (bicyclic) bond motifs is 1. The summed E-state index contributed by atoms with van der Waals surface area (Å²) < 4.78 is 0. The van der Waals surface area contributed by atoms with Crippen molar-refractivity contribution in [2.45, 2.75) is 32.2 Å². The molecule has 0 aliphatic heterocycles. The van der Waals surface area contributed by atoms with Crippen LogP contribution in [0.5, 0.6) is 0 Å². The number of rotatable bonds is 4. The molecule has 4 nitrogen and oxygen atoms in total. The Bertz CT molecular complexity index is 904. The highest BCUT2D eigenvalue weighted by atomic mass is 16.1. The van der Waals surface area contributed by atoms with Crippen molar-refractivity contribution < 1.29 is 4.79 Å². The van der Waals surface area contributed by atoms with E-state index in [1.807, 2.05) is 36.4 Å². The van der Waals surface area contributed by atoms with E-state index in [2.05, 4.69) is 21.4 Å². The van der Waals surface area contributed by atoms with Crippen molar-refractivity contribution in [2.75, 3.05) is 0 Å². The van der Waals surface area contributed by atoms with Gasteiger partial charge in [0, 0.05) is 36.3 Å². The highest BCUT2D eigenvalue weighted by Gasteiger charge is 2.12. The average molecular weight is 343 g/mol. The van der Waals surface area contributed by atoms with Gasteiger partial charge < -0.3 is 5.32 Å². The number of nitrogens with zero attached hydrogens (tertiary/aromatic N) is 2. The zero-order valence-corrected chi connectivity index (χ0v) is 14.6. The van der Waals surface area contributed by atoms with Gasteiger partial charge in [-0.2, -0.15) is 0 Å². The van der Waals surface area contributed by atoms with E-state index in [-0.39, 0.29) is 5.91 Å². The summed E-state index contributed by atoms with van der Waals surface area (Å²) in [5.41, 5.74) is 6.30. The summed E-state index contributed by atoms with van der Waals surface area (Å²) in [6.07, 6.45) is 10.0. The lowest BCUT2D eigenvalue weighted by molar-refractivity contribution is 0.0950. The van der Waals surface area contributed by atoms with E-state index >= 15 is 0 Å². The van der Waals surface area contributed by atoms with Gasteiger partial charge in [-0.3, -0.25) is 14.8 Å². The molecule has 0 radical (unpaired) electrons. The Balaban J connectivity index is 1.40. The van der Waals surface area contributed by atoms with Crippen molar-refractivity contribution in [3.05, 3.63) is 83.3 Å². The van der Waals surface area contributed by atoms with Gasteiger partial charge in [0.05, 0.1) is 5.69 Å². The van der Waals surface area contributed by atoms with E-state index in [1.54, 1.807) is 18.6 Å². The third-order valence-electron chi connectivity index (χ3n) is 4.85. The fraction of sp³-hybridized carbons (Fsp3) is 0.227. The molecular formula is C22H21N3O. The number of aromatic nitrogens is 2. The van der Waals surface area contributed by atoms with Gasteiger partial charge in [-0.1, -0.05) is 12.1 Å². The van der Waals surface area contributed by atoms with Crippen LogP contribution in [0.4, 0.5) is 0 Å². The average Bonchev–Trinajstić information content (AvgIpc) is 2.72. The summed E-state index contributed by atoms with van der Waals surface area (Å²) in [5.74, 6) is -0.0327. The second-order valence-corrected chi connectivity index (χ2v) is 6.67. The van der Waals surface area contributed by atoms with Crippen LogP contribution in [0.3, 0.4) is 0 Å². The molecule has 2 heterocycles. The minimum atomic E-state index is -0.0327. The quantitative estimate of drug-likeness (QED) is 0.780. The Morgan fingerprint density at radius 1 is 1.00 bits per heavy atom. The first-order valence-electron chi connectivity index (χ1n) is 9.05. The minimum absolute atomic E-state index is 0.0327. The van der Waals surface area contributed by atoms with Crippen molar-refractivity contribution in [1.82, 2.24) is 15.3 Å². The molecule has 130 valence electrons. The van der Waals surface area contributed by atoms with Crippen LogP contribution in [0.25, 0.3) is 11.3 Å². The molecule has 0 saturated heterocycles. The fourth-order valence-corrected chi connectivity index (χ4v) is 3.37. The number of aryl methyl sites for hydroxylation is 2. The SMILES string of the molecule is O=C(NCc1ccc(-c2cccnc2)nc1)c1ccc2c(c1)CCCC2. The molecule has 1 aromatic carbocycles. The van der Waals surface area contributed by atoms with Gasteiger partial charge in [-0.15, -0.1) is 0 Å². The molecule has 0 unspecified atom stereocenters. The van der Waals surface area contributed by atoms with E-state index < -0.39 is 0 Å². The Morgan fingerprint density at radius 3 is 2.65 bits per heavy atom. The summed E-state index contributed by atoms with van der Waals surface area (Å²) in [6.45, 7) is 0.468. The van der Waals surface area contributed by atoms with Gasteiger partial charge in [-0.05, 0) is 72.7 Å². The van der Waals surface area contributed by atoms with Gasteiger partial charge in [0.15, 0.2) is 0 Å². The Hall–Kier alpha value is -3.01. The maximum atomic E-state index is 12.5. The maximum Gasteiger partial charge on any atom is 0.251 e. The molecule has 1 aliphatic carbocycles. The Kier molecular flexibility index (Phi) is 4.73. The van der Waals surface area contributed by atoms with Gasteiger partial charge in [-0.25, -0.2) is 0 Å². The molecule has 2 aromatic heterocycles. The Labute approximate surface area is 153 Å². The molecule has 1 aliphatic rings. The number of pyridine rings is 2. The van der Waals surface area contributed by atoms with Crippen LogP contribution >= 0.6 is 0 Å². The summed E-state index contributed by atoms with van der Waals surface area (Å²) >= 11 is 0. The van der Waals surface area contributed by atoms with Gasteiger partial charge in [0.2, 0.25) is 0 Å². The number of hydrogen-bond acceptors (Lipinski definition) is 3. The van der Waals surface area contributed by atoms with Crippen molar-refractivity contribution in [3.8, 4) is 11.3 Å². The molecule has 0 fully saturated rings. The lowest BCUT2D eigenvalue weighted by Gasteiger charge is -2.16. The summed E-state index contributed by atoms with van der Waals surface area (Å²) in [4.78, 5) is 21.0. The minimum Gasteiger partial charge on any atom is -0.348 e. The standard InChI is InChI=1S/C22H21N3O/c26-22(19-9-8-17-4-1-2-5-18(17)12-19)25-14-16-7-10-21(24-13-16)20-6-3-11-23-15-20/h3,6-13,15H,1-2,4-5,14H2,(H,25,26). The highest BCUT2D eigenvalue weighted by molar-refractivity contribution is 5.94. The highest BCUT2D eigenvalue weighted by Crippen LogP contribution is 2.22. The predicted octanol–water partition coefficient (Wildman–Crippen LogP) is 3.95. The predicted molar refractivity (Wildman–Crippen MR) is 102 cm³/mol. The number of carbonyl (C=O) groups is 1. The molecule has 1 N–H and O–H groups in total. The number of hydrogen-bond donors (Lipinski definition) is 1. The molecule has 4 rings (SSSR count). The molecule has 3 aromatic rings. The van der Waals surface area contributed by atoms with E-state index in [0.717, 1.165) is 35.2 Å².